The lowest BCUT2D eigenvalue weighted by Crippen LogP contribution is -3.08. The number of anilines is 1. The van der Waals surface area contributed by atoms with Gasteiger partial charge >= 0.3 is 0 Å². The molecule has 4 heteroatoms. The minimum atomic E-state index is -0.245. The lowest BCUT2D eigenvalue weighted by atomic mass is 10.0. The van der Waals surface area contributed by atoms with Gasteiger partial charge in [-0.3, -0.25) is 4.79 Å². The fraction of sp³-hybridized carbons (Fsp3) is 0.316. The average molecular weight is 315 g/mol. The van der Waals surface area contributed by atoms with Crippen molar-refractivity contribution in [3.8, 4) is 0 Å². The number of benzene rings is 2. The van der Waals surface area contributed by atoms with Crippen LogP contribution in [-0.4, -0.2) is 19.5 Å². The van der Waals surface area contributed by atoms with E-state index >= 15 is 0 Å². The molecule has 0 aliphatic heterocycles. The van der Waals surface area contributed by atoms with E-state index in [4.69, 9.17) is 0 Å². The summed E-state index contributed by atoms with van der Waals surface area (Å²) in [5.41, 5.74) is 2.88. The van der Waals surface area contributed by atoms with Crippen LogP contribution >= 0.6 is 0 Å². The maximum atomic E-state index is 13.2. The zero-order valence-electron chi connectivity index (χ0n) is 13.9. The maximum Gasteiger partial charge on any atom is 0.279 e. The van der Waals surface area contributed by atoms with E-state index in [0.717, 1.165) is 21.7 Å². The summed E-state index contributed by atoms with van der Waals surface area (Å²) in [4.78, 5) is 13.3. The summed E-state index contributed by atoms with van der Waals surface area (Å²) in [7, 11) is 1.93. The zero-order valence-corrected chi connectivity index (χ0v) is 13.9. The summed E-state index contributed by atoms with van der Waals surface area (Å²) in [6.07, 6.45) is 0. The molecular formula is C19H24FN2O+. The molecule has 2 aromatic carbocycles. The first-order valence-electron chi connectivity index (χ1n) is 7.90. The number of quaternary nitrogens is 1. The predicted molar refractivity (Wildman–Crippen MR) is 91.0 cm³/mol. The number of likely N-dealkylation sites (N-methyl/N-ethyl adjacent to an activating group) is 1. The van der Waals surface area contributed by atoms with Gasteiger partial charge in [0, 0.05) is 11.3 Å². The molecule has 0 radical (unpaired) electrons. The smallest absolute Gasteiger partial charge is 0.279 e. The van der Waals surface area contributed by atoms with Gasteiger partial charge in [0.05, 0.1) is 7.05 Å². The Morgan fingerprint density at radius 2 is 1.91 bits per heavy atom. The van der Waals surface area contributed by atoms with Gasteiger partial charge in [-0.15, -0.1) is 0 Å². The van der Waals surface area contributed by atoms with E-state index in [0.29, 0.717) is 19.0 Å². The fourth-order valence-corrected chi connectivity index (χ4v) is 2.64. The molecular weight excluding hydrogens is 291 g/mol. The van der Waals surface area contributed by atoms with Gasteiger partial charge in [0.25, 0.3) is 5.91 Å². The Morgan fingerprint density at radius 3 is 2.61 bits per heavy atom. The topological polar surface area (TPSA) is 33.5 Å². The number of carbonyl (C=O) groups is 1. The van der Waals surface area contributed by atoms with Crippen molar-refractivity contribution >= 4 is 11.6 Å². The predicted octanol–water partition coefficient (Wildman–Crippen LogP) is 2.60. The Kier molecular flexibility index (Phi) is 5.88. The number of hydrogen-bond acceptors (Lipinski definition) is 1. The first-order chi connectivity index (χ1) is 11.0. The highest BCUT2D eigenvalue weighted by Gasteiger charge is 2.13. The van der Waals surface area contributed by atoms with Gasteiger partial charge in [-0.05, 0) is 29.7 Å². The van der Waals surface area contributed by atoms with Crippen LogP contribution in [0.3, 0.4) is 0 Å². The Labute approximate surface area is 137 Å². The molecule has 2 aromatic rings. The zero-order chi connectivity index (χ0) is 16.8. The molecule has 1 unspecified atom stereocenters. The van der Waals surface area contributed by atoms with E-state index in [9.17, 15) is 9.18 Å². The fourth-order valence-electron chi connectivity index (χ4n) is 2.64. The minimum absolute atomic E-state index is 0.0352. The molecule has 0 fully saturated rings. The van der Waals surface area contributed by atoms with Crippen LogP contribution in [0, 0.1) is 5.82 Å². The van der Waals surface area contributed by atoms with Crippen molar-refractivity contribution in [2.24, 2.45) is 0 Å². The van der Waals surface area contributed by atoms with Crippen LogP contribution in [-0.2, 0) is 11.3 Å². The molecule has 1 atom stereocenters. The largest absolute Gasteiger partial charge is 0.326 e. The molecule has 0 spiro atoms. The van der Waals surface area contributed by atoms with E-state index in [1.165, 1.54) is 12.1 Å². The van der Waals surface area contributed by atoms with Gasteiger partial charge in [-0.25, -0.2) is 4.39 Å². The number of para-hydroxylation sites is 1. The first kappa shape index (κ1) is 17.2. The second-order valence-corrected chi connectivity index (χ2v) is 6.23. The van der Waals surface area contributed by atoms with Crippen LogP contribution in [0.1, 0.15) is 30.9 Å². The summed E-state index contributed by atoms with van der Waals surface area (Å²) >= 11 is 0. The van der Waals surface area contributed by atoms with Crippen LogP contribution in [0.4, 0.5) is 10.1 Å². The van der Waals surface area contributed by atoms with E-state index < -0.39 is 0 Å². The van der Waals surface area contributed by atoms with Crippen LogP contribution in [0.25, 0.3) is 0 Å². The number of nitrogens with one attached hydrogen (secondary N) is 2. The molecule has 3 nitrogen and oxygen atoms in total. The SMILES string of the molecule is CC(C)c1ccccc1NC(=O)C[NH+](C)Cc1cccc(F)c1. The van der Waals surface area contributed by atoms with Gasteiger partial charge in [0.1, 0.15) is 12.4 Å². The highest BCUT2D eigenvalue weighted by atomic mass is 19.1. The molecule has 0 saturated heterocycles. The average Bonchev–Trinajstić information content (AvgIpc) is 2.47. The summed E-state index contributed by atoms with van der Waals surface area (Å²) < 4.78 is 13.2. The number of amides is 1. The lowest BCUT2D eigenvalue weighted by Gasteiger charge is -2.16. The molecule has 0 aromatic heterocycles. The molecule has 23 heavy (non-hydrogen) atoms. The van der Waals surface area contributed by atoms with Crippen LogP contribution < -0.4 is 10.2 Å². The number of hydrogen-bond donors (Lipinski definition) is 2. The molecule has 2 rings (SSSR count). The van der Waals surface area contributed by atoms with Crippen molar-refractivity contribution in [2.45, 2.75) is 26.3 Å². The normalized spacial score (nSPS) is 12.2. The summed E-state index contributed by atoms with van der Waals surface area (Å²) in [5.74, 6) is 0.0708. The lowest BCUT2D eigenvalue weighted by molar-refractivity contribution is -0.885. The van der Waals surface area contributed by atoms with Gasteiger partial charge in [0.2, 0.25) is 0 Å². The Bertz CT molecular complexity index is 670. The van der Waals surface area contributed by atoms with Gasteiger partial charge in [-0.2, -0.15) is 0 Å². The van der Waals surface area contributed by atoms with Gasteiger partial charge in [0.15, 0.2) is 6.54 Å². The molecule has 0 aliphatic rings. The second-order valence-electron chi connectivity index (χ2n) is 6.23. The number of halogens is 1. The van der Waals surface area contributed by atoms with E-state index in [1.807, 2.05) is 37.4 Å². The Balaban J connectivity index is 1.94. The Hall–Kier alpha value is -2.20. The van der Waals surface area contributed by atoms with E-state index in [-0.39, 0.29) is 11.7 Å². The van der Waals surface area contributed by atoms with E-state index in [2.05, 4.69) is 19.2 Å². The molecule has 0 heterocycles. The number of rotatable bonds is 6. The van der Waals surface area contributed by atoms with Gasteiger partial charge in [-0.1, -0.05) is 44.2 Å². The summed E-state index contributed by atoms with van der Waals surface area (Å²) in [6, 6.07) is 14.4. The molecule has 0 bridgehead atoms. The van der Waals surface area contributed by atoms with Crippen molar-refractivity contribution in [1.82, 2.24) is 0 Å². The molecule has 2 N–H and O–H groups in total. The van der Waals surface area contributed by atoms with Crippen LogP contribution in [0.15, 0.2) is 48.5 Å². The van der Waals surface area contributed by atoms with Crippen LogP contribution in [0.2, 0.25) is 0 Å². The standard InChI is InChI=1S/C19H23FN2O/c1-14(2)17-9-4-5-10-18(17)21-19(23)13-22(3)12-15-7-6-8-16(20)11-15/h4-11,14H,12-13H2,1-3H3,(H,21,23)/p+1. The van der Waals surface area contributed by atoms with Crippen molar-refractivity contribution in [2.75, 3.05) is 18.9 Å². The van der Waals surface area contributed by atoms with Crippen molar-refractivity contribution in [3.63, 3.8) is 0 Å². The van der Waals surface area contributed by atoms with Crippen LogP contribution in [0.5, 0.6) is 0 Å². The maximum absolute atomic E-state index is 13.2. The third-order valence-corrected chi connectivity index (χ3v) is 3.71. The van der Waals surface area contributed by atoms with Gasteiger partial charge < -0.3 is 10.2 Å². The highest BCUT2D eigenvalue weighted by molar-refractivity contribution is 5.92. The molecule has 122 valence electrons. The molecule has 0 saturated carbocycles. The number of carbonyl (C=O) groups excluding carboxylic acids is 1. The summed E-state index contributed by atoms with van der Waals surface area (Å²) in [5, 5.41) is 2.99. The summed E-state index contributed by atoms with van der Waals surface area (Å²) in [6.45, 7) is 5.15. The van der Waals surface area contributed by atoms with Crippen molar-refractivity contribution in [1.29, 1.82) is 0 Å². The van der Waals surface area contributed by atoms with Crippen molar-refractivity contribution < 1.29 is 14.1 Å². The minimum Gasteiger partial charge on any atom is -0.326 e. The highest BCUT2D eigenvalue weighted by Crippen LogP contribution is 2.23. The molecule has 0 aliphatic carbocycles. The third kappa shape index (κ3) is 5.18. The molecule has 1 amide bonds. The third-order valence-electron chi connectivity index (χ3n) is 3.71. The first-order valence-corrected chi connectivity index (χ1v) is 7.90. The Morgan fingerprint density at radius 1 is 1.17 bits per heavy atom. The second kappa shape index (κ2) is 7.88. The van der Waals surface area contributed by atoms with E-state index in [1.54, 1.807) is 6.07 Å². The monoisotopic (exact) mass is 315 g/mol. The quantitative estimate of drug-likeness (QED) is 0.844. The van der Waals surface area contributed by atoms with Crippen molar-refractivity contribution in [3.05, 3.63) is 65.5 Å².